The number of nitrogens with one attached hydrogen (secondary N) is 1. The number of thiophene rings is 1. The van der Waals surface area contributed by atoms with Crippen LogP contribution in [0.1, 0.15) is 19.8 Å². The highest BCUT2D eigenvalue weighted by Crippen LogP contribution is 2.22. The lowest BCUT2D eigenvalue weighted by atomic mass is 10.1. The van der Waals surface area contributed by atoms with Gasteiger partial charge in [-0.25, -0.2) is 0 Å². The lowest BCUT2D eigenvalue weighted by Gasteiger charge is -2.15. The van der Waals surface area contributed by atoms with Crippen molar-refractivity contribution < 1.29 is 9.90 Å². The van der Waals surface area contributed by atoms with E-state index in [4.69, 9.17) is 5.11 Å². The summed E-state index contributed by atoms with van der Waals surface area (Å²) >= 11 is 3.19. The van der Waals surface area contributed by atoms with E-state index in [-0.39, 0.29) is 18.6 Å². The lowest BCUT2D eigenvalue weighted by molar-refractivity contribution is -0.119. The molecule has 1 heterocycles. The second-order valence-corrected chi connectivity index (χ2v) is 5.63. The summed E-state index contributed by atoms with van der Waals surface area (Å²) in [6.07, 6.45) is 1.49. The minimum atomic E-state index is 0.0405. The van der Waals surface area contributed by atoms with Gasteiger partial charge in [0.15, 0.2) is 0 Å². The molecule has 0 fully saturated rings. The second kappa shape index (κ2) is 7.70. The van der Waals surface area contributed by atoms with Gasteiger partial charge >= 0.3 is 0 Å². The molecule has 90 valence electrons. The average Bonchev–Trinajstić information content (AvgIpc) is 2.78. The van der Waals surface area contributed by atoms with Crippen molar-refractivity contribution in [3.05, 3.63) is 17.5 Å². The minimum Gasteiger partial charge on any atom is -0.396 e. The molecule has 5 heteroatoms. The van der Waals surface area contributed by atoms with E-state index in [9.17, 15) is 4.79 Å². The zero-order valence-corrected chi connectivity index (χ0v) is 10.9. The molecule has 1 rings (SSSR count). The van der Waals surface area contributed by atoms with Gasteiger partial charge in [-0.2, -0.15) is 0 Å². The van der Waals surface area contributed by atoms with Crippen LogP contribution < -0.4 is 5.32 Å². The summed E-state index contributed by atoms with van der Waals surface area (Å²) in [5.41, 5.74) is 0. The maximum absolute atomic E-state index is 11.6. The maximum Gasteiger partial charge on any atom is 0.230 e. The Morgan fingerprint density at radius 1 is 1.69 bits per heavy atom. The molecule has 0 saturated heterocycles. The summed E-state index contributed by atoms with van der Waals surface area (Å²) in [6, 6.07) is 4.08. The van der Waals surface area contributed by atoms with Crippen molar-refractivity contribution in [1.82, 2.24) is 5.32 Å². The first kappa shape index (κ1) is 13.5. The van der Waals surface area contributed by atoms with Gasteiger partial charge in [-0.05, 0) is 24.3 Å². The molecular weight excluding hydrogens is 242 g/mol. The SMILES string of the molecule is CCC(CCO)NC(=O)CSc1cccs1. The van der Waals surface area contributed by atoms with Gasteiger partial charge in [-0.1, -0.05) is 13.0 Å². The molecule has 0 saturated carbocycles. The summed E-state index contributed by atoms with van der Waals surface area (Å²) in [5.74, 6) is 0.487. The van der Waals surface area contributed by atoms with Crippen LogP contribution in [0.15, 0.2) is 21.7 Å². The van der Waals surface area contributed by atoms with Crippen LogP contribution in [0.3, 0.4) is 0 Å². The number of rotatable bonds is 7. The predicted octanol–water partition coefficient (Wildman–Crippen LogP) is 2.12. The van der Waals surface area contributed by atoms with Crippen molar-refractivity contribution in [1.29, 1.82) is 0 Å². The van der Waals surface area contributed by atoms with Crippen LogP contribution in [0.2, 0.25) is 0 Å². The summed E-state index contributed by atoms with van der Waals surface area (Å²) < 4.78 is 1.16. The minimum absolute atomic E-state index is 0.0405. The third-order valence-electron chi connectivity index (χ3n) is 2.18. The Hall–Kier alpha value is -0.520. The summed E-state index contributed by atoms with van der Waals surface area (Å²) in [5, 5.41) is 13.7. The first-order valence-corrected chi connectivity index (χ1v) is 7.19. The van der Waals surface area contributed by atoms with Crippen molar-refractivity contribution in [3.63, 3.8) is 0 Å². The molecule has 0 radical (unpaired) electrons. The quantitative estimate of drug-likeness (QED) is 0.737. The fourth-order valence-corrected chi connectivity index (χ4v) is 2.88. The first-order chi connectivity index (χ1) is 7.76. The Morgan fingerprint density at radius 3 is 3.06 bits per heavy atom. The Balaban J connectivity index is 2.24. The van der Waals surface area contributed by atoms with E-state index in [2.05, 4.69) is 5.32 Å². The molecule has 0 aromatic carbocycles. The molecule has 0 aliphatic carbocycles. The molecule has 1 aromatic rings. The van der Waals surface area contributed by atoms with Crippen LogP contribution in [0.4, 0.5) is 0 Å². The molecule has 2 N–H and O–H groups in total. The van der Waals surface area contributed by atoms with Crippen LogP contribution in [-0.4, -0.2) is 29.4 Å². The van der Waals surface area contributed by atoms with E-state index in [0.717, 1.165) is 10.6 Å². The highest BCUT2D eigenvalue weighted by atomic mass is 32.2. The molecule has 0 aliphatic rings. The third kappa shape index (κ3) is 5.01. The number of hydrogen-bond donors (Lipinski definition) is 2. The molecule has 0 spiro atoms. The Kier molecular flexibility index (Phi) is 6.52. The molecule has 1 aromatic heterocycles. The van der Waals surface area contributed by atoms with Crippen LogP contribution >= 0.6 is 23.1 Å². The third-order valence-corrected chi connectivity index (χ3v) is 4.31. The van der Waals surface area contributed by atoms with E-state index in [0.29, 0.717) is 12.2 Å². The Labute approximate surface area is 104 Å². The summed E-state index contributed by atoms with van der Waals surface area (Å²) in [4.78, 5) is 11.6. The number of carbonyl (C=O) groups is 1. The smallest absolute Gasteiger partial charge is 0.230 e. The molecule has 3 nitrogen and oxygen atoms in total. The molecular formula is C11H17NO2S2. The first-order valence-electron chi connectivity index (χ1n) is 5.32. The van der Waals surface area contributed by atoms with Gasteiger partial charge in [0.1, 0.15) is 0 Å². The van der Waals surface area contributed by atoms with E-state index < -0.39 is 0 Å². The molecule has 1 amide bonds. The van der Waals surface area contributed by atoms with Crippen LogP contribution in [0.25, 0.3) is 0 Å². The Morgan fingerprint density at radius 2 is 2.50 bits per heavy atom. The van der Waals surface area contributed by atoms with Gasteiger partial charge in [0, 0.05) is 12.6 Å². The van der Waals surface area contributed by atoms with E-state index in [1.165, 1.54) is 0 Å². The van der Waals surface area contributed by atoms with Crippen molar-refractivity contribution >= 4 is 29.0 Å². The molecule has 16 heavy (non-hydrogen) atoms. The van der Waals surface area contributed by atoms with Gasteiger partial charge in [-0.3, -0.25) is 4.79 Å². The van der Waals surface area contributed by atoms with Crippen molar-refractivity contribution in [2.45, 2.75) is 30.0 Å². The number of aliphatic hydroxyl groups excluding tert-OH is 1. The lowest BCUT2D eigenvalue weighted by Crippen LogP contribution is -2.36. The highest BCUT2D eigenvalue weighted by molar-refractivity contribution is 8.01. The zero-order chi connectivity index (χ0) is 11.8. The topological polar surface area (TPSA) is 49.3 Å². The number of carbonyl (C=O) groups excluding carboxylic acids is 1. The summed E-state index contributed by atoms with van der Waals surface area (Å²) in [7, 11) is 0. The fourth-order valence-electron chi connectivity index (χ4n) is 1.29. The molecule has 1 unspecified atom stereocenters. The van der Waals surface area contributed by atoms with Gasteiger partial charge in [0.25, 0.3) is 0 Å². The zero-order valence-electron chi connectivity index (χ0n) is 9.31. The number of amides is 1. The average molecular weight is 259 g/mol. The number of hydrogen-bond acceptors (Lipinski definition) is 4. The van der Waals surface area contributed by atoms with Crippen LogP contribution in [0.5, 0.6) is 0 Å². The van der Waals surface area contributed by atoms with Crippen molar-refractivity contribution in [2.75, 3.05) is 12.4 Å². The molecule has 1 atom stereocenters. The van der Waals surface area contributed by atoms with Crippen LogP contribution in [-0.2, 0) is 4.79 Å². The van der Waals surface area contributed by atoms with Gasteiger partial charge in [-0.15, -0.1) is 23.1 Å². The number of thioether (sulfide) groups is 1. The predicted molar refractivity (Wildman–Crippen MR) is 69.0 cm³/mol. The molecule has 0 aliphatic heterocycles. The summed E-state index contributed by atoms with van der Waals surface area (Å²) in [6.45, 7) is 2.13. The van der Waals surface area contributed by atoms with E-state index >= 15 is 0 Å². The Bertz CT molecular complexity index is 301. The van der Waals surface area contributed by atoms with Gasteiger partial charge < -0.3 is 10.4 Å². The van der Waals surface area contributed by atoms with Crippen molar-refractivity contribution in [3.8, 4) is 0 Å². The maximum atomic E-state index is 11.6. The van der Waals surface area contributed by atoms with E-state index in [1.54, 1.807) is 23.1 Å². The van der Waals surface area contributed by atoms with Gasteiger partial charge in [0.05, 0.1) is 9.96 Å². The normalized spacial score (nSPS) is 12.4. The number of aliphatic hydroxyl groups is 1. The van der Waals surface area contributed by atoms with Crippen molar-refractivity contribution in [2.24, 2.45) is 0 Å². The van der Waals surface area contributed by atoms with Crippen LogP contribution in [0, 0.1) is 0 Å². The van der Waals surface area contributed by atoms with Gasteiger partial charge in [0.2, 0.25) is 5.91 Å². The molecule has 0 bridgehead atoms. The standard InChI is InChI=1S/C11H17NO2S2/c1-2-9(5-6-13)12-10(14)8-16-11-4-3-7-15-11/h3-4,7,9,13H,2,5-6,8H2,1H3,(H,12,14). The van der Waals surface area contributed by atoms with E-state index in [1.807, 2.05) is 24.4 Å². The fraction of sp³-hybridized carbons (Fsp3) is 0.545. The monoisotopic (exact) mass is 259 g/mol. The second-order valence-electron chi connectivity index (χ2n) is 3.41. The largest absolute Gasteiger partial charge is 0.396 e. The highest BCUT2D eigenvalue weighted by Gasteiger charge is 2.10.